The number of morpholine rings is 1. The highest BCUT2D eigenvalue weighted by atomic mass is 79.9. The first-order valence-electron chi connectivity index (χ1n) is 5.76. The van der Waals surface area contributed by atoms with E-state index >= 15 is 0 Å². The van der Waals surface area contributed by atoms with Gasteiger partial charge in [-0.3, -0.25) is 0 Å². The highest BCUT2D eigenvalue weighted by Gasteiger charge is 2.16. The predicted molar refractivity (Wildman–Crippen MR) is 73.1 cm³/mol. The lowest BCUT2D eigenvalue weighted by molar-refractivity contribution is 0.122. The quantitative estimate of drug-likeness (QED) is 0.868. The Morgan fingerprint density at radius 1 is 1.33 bits per heavy atom. The zero-order valence-corrected chi connectivity index (χ0v) is 11.2. The molecule has 94 valence electrons. The fourth-order valence-corrected chi connectivity index (χ4v) is 2.49. The first-order chi connectivity index (χ1) is 8.74. The number of halogens is 1. The number of hydrogen-bond acceptors (Lipinski definition) is 4. The molecule has 1 aromatic carbocycles. The number of aromatic amines is 1. The van der Waals surface area contributed by atoms with Crippen molar-refractivity contribution in [3.05, 3.63) is 33.2 Å². The maximum atomic E-state index is 11.6. The smallest absolute Gasteiger partial charge is 0.347 e. The zero-order valence-electron chi connectivity index (χ0n) is 9.65. The summed E-state index contributed by atoms with van der Waals surface area (Å²) in [6, 6.07) is 5.81. The molecule has 3 rings (SSSR count). The van der Waals surface area contributed by atoms with E-state index in [0.29, 0.717) is 13.2 Å². The Bertz CT molecular complexity index is 635. The number of nitrogens with zero attached hydrogens (tertiary/aromatic N) is 2. The van der Waals surface area contributed by atoms with Crippen LogP contribution in [0.25, 0.3) is 10.9 Å². The van der Waals surface area contributed by atoms with Crippen molar-refractivity contribution in [3.63, 3.8) is 0 Å². The van der Waals surface area contributed by atoms with Crippen LogP contribution >= 0.6 is 15.9 Å². The van der Waals surface area contributed by atoms with E-state index in [1.807, 2.05) is 18.2 Å². The predicted octanol–water partition coefficient (Wildman–Crippen LogP) is 1.52. The molecule has 1 N–H and O–H groups in total. The average molecular weight is 310 g/mol. The first-order valence-corrected chi connectivity index (χ1v) is 6.55. The Morgan fingerprint density at radius 2 is 2.11 bits per heavy atom. The molecule has 0 aliphatic carbocycles. The molecule has 0 unspecified atom stereocenters. The summed E-state index contributed by atoms with van der Waals surface area (Å²) in [6.45, 7) is 2.88. The van der Waals surface area contributed by atoms with Gasteiger partial charge in [0.25, 0.3) is 0 Å². The summed E-state index contributed by atoms with van der Waals surface area (Å²) in [5.41, 5.74) is 0.480. The minimum atomic E-state index is -0.318. The van der Waals surface area contributed by atoms with Crippen LogP contribution < -0.4 is 10.6 Å². The van der Waals surface area contributed by atoms with E-state index < -0.39 is 0 Å². The normalized spacial score (nSPS) is 16.2. The molecule has 2 heterocycles. The Labute approximate surface area is 112 Å². The highest BCUT2D eigenvalue weighted by molar-refractivity contribution is 9.10. The molecule has 1 fully saturated rings. The Balaban J connectivity index is 2.17. The SMILES string of the molecule is O=c1nc(N2CCOCC2)c2ccc(Br)cc2[nH]1. The molecule has 0 spiro atoms. The number of H-pyrrole nitrogens is 1. The molecule has 0 atom stereocenters. The third-order valence-corrected chi connectivity index (χ3v) is 3.48. The second-order valence-corrected chi connectivity index (χ2v) is 5.07. The van der Waals surface area contributed by atoms with Crippen molar-refractivity contribution < 1.29 is 4.74 Å². The average Bonchev–Trinajstić information content (AvgIpc) is 2.38. The standard InChI is InChI=1S/C12H12BrN3O2/c13-8-1-2-9-10(7-8)14-12(17)15-11(9)16-3-5-18-6-4-16/h1-2,7H,3-6H2,(H,14,15,17). The number of fused-ring (bicyclic) bond motifs is 1. The molecule has 0 saturated carbocycles. The van der Waals surface area contributed by atoms with E-state index in [-0.39, 0.29) is 5.69 Å². The molecule has 2 aromatic rings. The summed E-state index contributed by atoms with van der Waals surface area (Å²) in [7, 11) is 0. The fraction of sp³-hybridized carbons (Fsp3) is 0.333. The Hall–Kier alpha value is -1.40. The van der Waals surface area contributed by atoms with E-state index in [1.54, 1.807) is 0 Å². The highest BCUT2D eigenvalue weighted by Crippen LogP contribution is 2.25. The molecule has 1 aromatic heterocycles. The van der Waals surface area contributed by atoms with Crippen LogP contribution in [0.1, 0.15) is 0 Å². The van der Waals surface area contributed by atoms with Crippen LogP contribution in [0.4, 0.5) is 5.82 Å². The number of hydrogen-bond donors (Lipinski definition) is 1. The molecule has 0 radical (unpaired) electrons. The van der Waals surface area contributed by atoms with Gasteiger partial charge in [0.05, 0.1) is 18.7 Å². The van der Waals surface area contributed by atoms with Crippen LogP contribution in [0.2, 0.25) is 0 Å². The van der Waals surface area contributed by atoms with Gasteiger partial charge in [-0.15, -0.1) is 0 Å². The molecule has 1 aliphatic heterocycles. The van der Waals surface area contributed by atoms with Crippen LogP contribution in [0.15, 0.2) is 27.5 Å². The maximum Gasteiger partial charge on any atom is 0.347 e. The molecule has 1 saturated heterocycles. The Morgan fingerprint density at radius 3 is 2.89 bits per heavy atom. The fourth-order valence-electron chi connectivity index (χ4n) is 2.13. The van der Waals surface area contributed by atoms with Gasteiger partial charge in [0.1, 0.15) is 5.82 Å². The number of anilines is 1. The lowest BCUT2D eigenvalue weighted by atomic mass is 10.2. The van der Waals surface area contributed by atoms with Gasteiger partial charge in [-0.05, 0) is 18.2 Å². The summed E-state index contributed by atoms with van der Waals surface area (Å²) in [5, 5.41) is 0.958. The zero-order chi connectivity index (χ0) is 12.5. The van der Waals surface area contributed by atoms with Crippen molar-refractivity contribution >= 4 is 32.7 Å². The first kappa shape index (κ1) is 11.7. The van der Waals surface area contributed by atoms with Gasteiger partial charge >= 0.3 is 5.69 Å². The molecule has 1 aliphatic rings. The van der Waals surface area contributed by atoms with Crippen LogP contribution in [0.5, 0.6) is 0 Å². The van der Waals surface area contributed by atoms with Crippen molar-refractivity contribution in [1.29, 1.82) is 0 Å². The molecule has 0 amide bonds. The van der Waals surface area contributed by atoms with Crippen LogP contribution in [0, 0.1) is 0 Å². The van der Waals surface area contributed by atoms with Crippen molar-refractivity contribution in [2.45, 2.75) is 0 Å². The molecular weight excluding hydrogens is 298 g/mol. The van der Waals surface area contributed by atoms with Gasteiger partial charge in [0, 0.05) is 22.9 Å². The number of nitrogens with one attached hydrogen (secondary N) is 1. The second kappa shape index (κ2) is 4.70. The van der Waals surface area contributed by atoms with Gasteiger partial charge in [-0.1, -0.05) is 15.9 Å². The summed E-state index contributed by atoms with van der Waals surface area (Å²) in [6.07, 6.45) is 0. The molecular formula is C12H12BrN3O2. The molecule has 6 heteroatoms. The van der Waals surface area contributed by atoms with Crippen molar-refractivity contribution in [3.8, 4) is 0 Å². The van der Waals surface area contributed by atoms with Crippen molar-refractivity contribution in [2.75, 3.05) is 31.2 Å². The van der Waals surface area contributed by atoms with Crippen LogP contribution in [-0.4, -0.2) is 36.3 Å². The summed E-state index contributed by atoms with van der Waals surface area (Å²) in [5.74, 6) is 0.740. The summed E-state index contributed by atoms with van der Waals surface area (Å²) < 4.78 is 6.25. The van der Waals surface area contributed by atoms with Gasteiger partial charge < -0.3 is 14.6 Å². The monoisotopic (exact) mass is 309 g/mol. The van der Waals surface area contributed by atoms with E-state index in [4.69, 9.17) is 4.74 Å². The lowest BCUT2D eigenvalue weighted by Gasteiger charge is -2.28. The third-order valence-electron chi connectivity index (χ3n) is 2.98. The number of aromatic nitrogens is 2. The van der Waals surface area contributed by atoms with Crippen LogP contribution in [0.3, 0.4) is 0 Å². The van der Waals surface area contributed by atoms with E-state index in [9.17, 15) is 4.79 Å². The van der Waals surface area contributed by atoms with Gasteiger partial charge in [0.15, 0.2) is 0 Å². The minimum absolute atomic E-state index is 0.318. The van der Waals surface area contributed by atoms with Crippen LogP contribution in [-0.2, 0) is 4.74 Å². The van der Waals surface area contributed by atoms with E-state index in [1.165, 1.54) is 0 Å². The summed E-state index contributed by atoms with van der Waals surface area (Å²) >= 11 is 3.40. The molecule has 5 nitrogen and oxygen atoms in total. The maximum absolute atomic E-state index is 11.6. The van der Waals surface area contributed by atoms with Gasteiger partial charge in [-0.25, -0.2) is 4.79 Å². The van der Waals surface area contributed by atoms with Crippen molar-refractivity contribution in [2.24, 2.45) is 0 Å². The lowest BCUT2D eigenvalue weighted by Crippen LogP contribution is -2.37. The van der Waals surface area contributed by atoms with E-state index in [2.05, 4.69) is 30.8 Å². The second-order valence-electron chi connectivity index (χ2n) is 4.15. The van der Waals surface area contributed by atoms with Gasteiger partial charge in [0.2, 0.25) is 0 Å². The number of rotatable bonds is 1. The topological polar surface area (TPSA) is 58.2 Å². The minimum Gasteiger partial charge on any atom is -0.378 e. The van der Waals surface area contributed by atoms with Gasteiger partial charge in [-0.2, -0.15) is 4.98 Å². The number of ether oxygens (including phenoxy) is 1. The third kappa shape index (κ3) is 2.13. The van der Waals surface area contributed by atoms with Crippen molar-refractivity contribution in [1.82, 2.24) is 9.97 Å². The number of benzene rings is 1. The Kier molecular flexibility index (Phi) is 3.05. The largest absolute Gasteiger partial charge is 0.378 e. The van der Waals surface area contributed by atoms with E-state index in [0.717, 1.165) is 34.3 Å². The molecule has 18 heavy (non-hydrogen) atoms. The molecule has 0 bridgehead atoms. The summed E-state index contributed by atoms with van der Waals surface area (Å²) in [4.78, 5) is 20.6.